The Hall–Kier alpha value is -0.426. The van der Waals surface area contributed by atoms with Crippen LogP contribution in [0.15, 0.2) is 24.8 Å². The second-order valence-electron chi connectivity index (χ2n) is 3.10. The van der Waals surface area contributed by atoms with Crippen LogP contribution in [0.4, 0.5) is 10.1 Å². The minimum absolute atomic E-state index is 0. The molecular weight excluding hydrogens is 271 g/mol. The third-order valence-electron chi connectivity index (χ3n) is 1.58. The van der Waals surface area contributed by atoms with Crippen LogP contribution in [-0.2, 0) is 18.6 Å². The molecule has 1 rings (SSSR count). The number of nitrogen functional groups attached to an aromatic ring is 1. The molecule has 0 aliphatic heterocycles. The number of rotatable bonds is 2. The second-order valence-corrected chi connectivity index (χ2v) is 3.61. The summed E-state index contributed by atoms with van der Waals surface area (Å²) in [6, 6.07) is 4.95. The van der Waals surface area contributed by atoms with Gasteiger partial charge in [0.25, 0.3) is 0 Å². The Kier molecular flexibility index (Phi) is 15.5. The van der Waals surface area contributed by atoms with E-state index < -0.39 is 0 Å². The van der Waals surface area contributed by atoms with Crippen molar-refractivity contribution in [1.29, 1.82) is 0 Å². The molecule has 0 bridgehead atoms. The van der Waals surface area contributed by atoms with Crippen molar-refractivity contribution in [3.05, 3.63) is 49.2 Å². The average Bonchev–Trinajstić information content (AvgIpc) is 2.19. The number of halogens is 1. The summed E-state index contributed by atoms with van der Waals surface area (Å²) in [5.74, 6) is -0.293. The van der Waals surface area contributed by atoms with E-state index in [0.717, 1.165) is 5.56 Å². The van der Waals surface area contributed by atoms with Crippen LogP contribution >= 0.6 is 9.24 Å². The van der Waals surface area contributed by atoms with Gasteiger partial charge >= 0.3 is 18.6 Å². The smallest absolute Gasteiger partial charge is 0.400 e. The maximum Gasteiger partial charge on any atom is 2.00 e. The van der Waals surface area contributed by atoms with Crippen LogP contribution in [0.3, 0.4) is 0 Å². The van der Waals surface area contributed by atoms with Crippen LogP contribution < -0.4 is 5.73 Å². The quantitative estimate of drug-likeness (QED) is 0.486. The Labute approximate surface area is 119 Å². The Bertz CT molecular complexity index is 316. The predicted octanol–water partition coefficient (Wildman–Crippen LogP) is 4.46. The fraction of sp³-hybridized carbons (Fsp3) is 0.231. The van der Waals surface area contributed by atoms with E-state index in [1.807, 2.05) is 9.24 Å². The van der Waals surface area contributed by atoms with Crippen LogP contribution in [0.2, 0.25) is 0 Å². The predicted molar refractivity (Wildman–Crippen MR) is 76.5 cm³/mol. The summed E-state index contributed by atoms with van der Waals surface area (Å²) in [5.41, 5.74) is 7.47. The number of benzene rings is 1. The van der Waals surface area contributed by atoms with Crippen molar-refractivity contribution in [3.63, 3.8) is 0 Å². The fourth-order valence-electron chi connectivity index (χ4n) is 0.900. The average molecular weight is 292 g/mol. The minimum Gasteiger partial charge on any atom is -0.400 e. The first-order chi connectivity index (χ1) is 7.06. The number of nitrogens with two attached hydrogens (primary N) is 1. The monoisotopic (exact) mass is 292 g/mol. The molecule has 1 aromatic carbocycles. The van der Waals surface area contributed by atoms with Gasteiger partial charge in [0.1, 0.15) is 0 Å². The van der Waals surface area contributed by atoms with Crippen molar-refractivity contribution in [2.45, 2.75) is 20.3 Å². The number of anilines is 1. The van der Waals surface area contributed by atoms with Gasteiger partial charge in [-0.05, 0) is 0 Å². The van der Waals surface area contributed by atoms with Gasteiger partial charge in [-0.25, -0.2) is 0 Å². The maximum absolute atomic E-state index is 12.7. The molecule has 0 amide bonds. The van der Waals surface area contributed by atoms with Gasteiger partial charge in [-0.1, -0.05) is 44.6 Å². The second kappa shape index (κ2) is 12.0. The molecule has 0 saturated heterocycles. The van der Waals surface area contributed by atoms with E-state index in [9.17, 15) is 4.39 Å². The van der Waals surface area contributed by atoms with Crippen molar-refractivity contribution in [2.24, 2.45) is 0 Å². The van der Waals surface area contributed by atoms with Crippen molar-refractivity contribution in [2.75, 3.05) is 5.73 Å². The van der Waals surface area contributed by atoms with Gasteiger partial charge < -0.3 is 13.2 Å². The van der Waals surface area contributed by atoms with Crippen LogP contribution in [-0.4, -0.2) is 0 Å². The van der Waals surface area contributed by atoms with E-state index in [1.54, 1.807) is 24.3 Å². The standard InChI is InChI=1S/C9H10FNP.C3H8.CH3.V/c1-2-6-5-7(9(10)12)3-4-8(6)11;1-3-2;;/h2-5H,1,11-12H2;3H2,1-2H3;1H3;/q-1;;-1;+2. The Balaban J connectivity index is -0.000000356. The normalized spacial score (nSPS) is 7.76. The summed E-state index contributed by atoms with van der Waals surface area (Å²) in [6.45, 7) is 7.82. The number of hydrogen-bond donors (Lipinski definition) is 1. The largest absolute Gasteiger partial charge is 2.00 e. The van der Waals surface area contributed by atoms with Crippen molar-refractivity contribution < 1.29 is 22.9 Å². The summed E-state index contributed by atoms with van der Waals surface area (Å²) < 4.78 is 12.7. The van der Waals surface area contributed by atoms with Gasteiger partial charge in [-0.15, -0.1) is 9.24 Å². The summed E-state index contributed by atoms with van der Waals surface area (Å²) in [7, 11) is 2.01. The van der Waals surface area contributed by atoms with Crippen molar-refractivity contribution in [3.8, 4) is 0 Å². The Morgan fingerprint density at radius 3 is 2.29 bits per heavy atom. The van der Waals surface area contributed by atoms with Gasteiger partial charge in [0, 0.05) is 11.6 Å². The van der Waals surface area contributed by atoms with Gasteiger partial charge in [0.15, 0.2) is 0 Å². The van der Waals surface area contributed by atoms with E-state index in [1.165, 1.54) is 6.42 Å². The van der Waals surface area contributed by atoms with Gasteiger partial charge in [0.05, 0.1) is 0 Å². The molecular formula is C13H21FNPV. The first-order valence-corrected chi connectivity index (χ1v) is 5.44. The topological polar surface area (TPSA) is 26.0 Å². The molecule has 95 valence electrons. The van der Waals surface area contributed by atoms with Gasteiger partial charge in [-0.2, -0.15) is 17.7 Å². The summed E-state index contributed by atoms with van der Waals surface area (Å²) >= 11 is 0. The van der Waals surface area contributed by atoms with Gasteiger partial charge in [0.2, 0.25) is 0 Å². The molecule has 1 atom stereocenters. The molecule has 0 aliphatic carbocycles. The molecule has 1 aromatic rings. The molecule has 0 spiro atoms. The van der Waals surface area contributed by atoms with E-state index in [0.29, 0.717) is 11.3 Å². The van der Waals surface area contributed by atoms with Crippen LogP contribution in [0.5, 0.6) is 0 Å². The molecule has 0 heterocycles. The van der Waals surface area contributed by atoms with Crippen molar-refractivity contribution in [1.82, 2.24) is 0 Å². The summed E-state index contributed by atoms with van der Waals surface area (Å²) in [5, 5.41) is 0. The van der Waals surface area contributed by atoms with Crippen LogP contribution in [0, 0.1) is 13.3 Å². The molecule has 1 unspecified atom stereocenters. The van der Waals surface area contributed by atoms with Crippen LogP contribution in [0.1, 0.15) is 31.4 Å². The summed E-state index contributed by atoms with van der Waals surface area (Å²) in [6.07, 6.45) is 2.85. The molecule has 0 saturated carbocycles. The summed E-state index contributed by atoms with van der Waals surface area (Å²) in [4.78, 5) is 0. The minimum atomic E-state index is -0.293. The maximum atomic E-state index is 12.7. The molecule has 1 nitrogen and oxygen atoms in total. The zero-order valence-electron chi connectivity index (χ0n) is 10.7. The van der Waals surface area contributed by atoms with Crippen LogP contribution in [0.25, 0.3) is 6.08 Å². The van der Waals surface area contributed by atoms with E-state index in [4.69, 9.17) is 5.73 Å². The fourth-order valence-corrected chi connectivity index (χ4v) is 1.08. The molecule has 4 heteroatoms. The molecule has 2 N–H and O–H groups in total. The third-order valence-corrected chi connectivity index (χ3v) is 1.92. The molecule has 0 aromatic heterocycles. The zero-order chi connectivity index (χ0) is 11.8. The molecule has 0 fully saturated rings. The van der Waals surface area contributed by atoms with Gasteiger partial charge in [-0.3, -0.25) is 4.39 Å². The molecule has 0 aliphatic rings. The van der Waals surface area contributed by atoms with Crippen molar-refractivity contribution >= 4 is 21.0 Å². The first kappa shape index (κ1) is 21.8. The Morgan fingerprint density at radius 1 is 1.47 bits per heavy atom. The van der Waals surface area contributed by atoms with E-state index in [-0.39, 0.29) is 31.9 Å². The molecule has 17 heavy (non-hydrogen) atoms. The Morgan fingerprint density at radius 2 is 1.94 bits per heavy atom. The first-order valence-electron chi connectivity index (χ1n) is 4.87. The van der Waals surface area contributed by atoms with E-state index >= 15 is 0 Å². The number of hydrogen-bond acceptors (Lipinski definition) is 1. The molecule has 1 radical (unpaired) electrons. The SMILES string of the molecule is C=Cc1cc([C-](F)P)ccc1N.CCC.[CH3-].[V+2]. The third kappa shape index (κ3) is 8.32. The zero-order valence-corrected chi connectivity index (χ0v) is 13.3. The van der Waals surface area contributed by atoms with E-state index in [2.05, 4.69) is 20.4 Å².